The van der Waals surface area contributed by atoms with Crippen molar-refractivity contribution in [1.29, 1.82) is 5.26 Å². The maximum absolute atomic E-state index is 10.4. The van der Waals surface area contributed by atoms with E-state index in [-0.39, 0.29) is 0 Å². The minimum atomic E-state index is -0.468. The number of benzene rings is 1. The lowest BCUT2D eigenvalue weighted by Gasteiger charge is -2.41. The largest absolute Gasteiger partial charge is 0.298 e. The molecule has 0 heterocycles. The molecule has 0 spiro atoms. The van der Waals surface area contributed by atoms with Gasteiger partial charge in [0.2, 0.25) is 0 Å². The van der Waals surface area contributed by atoms with Gasteiger partial charge in [0, 0.05) is 36.8 Å². The maximum Gasteiger partial charge on any atom is 0.0849 e. The van der Waals surface area contributed by atoms with Gasteiger partial charge in [-0.3, -0.25) is 9.80 Å². The zero-order valence-corrected chi connectivity index (χ0v) is 19.7. The highest BCUT2D eigenvalue weighted by atomic mass is 15.2. The summed E-state index contributed by atoms with van der Waals surface area (Å²) in [6.45, 7) is 21.2. The molecule has 0 fully saturated rings. The van der Waals surface area contributed by atoms with Gasteiger partial charge in [-0.15, -0.1) is 0 Å². The summed E-state index contributed by atoms with van der Waals surface area (Å²) in [5, 5.41) is 10.4. The molecule has 0 bridgehead atoms. The summed E-state index contributed by atoms with van der Waals surface area (Å²) in [7, 11) is 0. The third-order valence-corrected chi connectivity index (χ3v) is 6.01. The molecular weight excluding hydrogens is 342 g/mol. The van der Waals surface area contributed by atoms with Crippen LogP contribution in [0.1, 0.15) is 80.7 Å². The monoisotopic (exact) mass is 385 g/mol. The van der Waals surface area contributed by atoms with E-state index in [4.69, 9.17) is 0 Å². The van der Waals surface area contributed by atoms with E-state index in [1.807, 2.05) is 6.07 Å². The van der Waals surface area contributed by atoms with Crippen LogP contribution in [0.25, 0.3) is 0 Å². The zero-order chi connectivity index (χ0) is 21.5. The molecule has 0 saturated carbocycles. The average Bonchev–Trinajstić information content (AvgIpc) is 2.60. The van der Waals surface area contributed by atoms with Crippen molar-refractivity contribution < 1.29 is 0 Å². The zero-order valence-electron chi connectivity index (χ0n) is 19.7. The molecular formula is C25H43N3. The Labute approximate surface area is 174 Å². The summed E-state index contributed by atoms with van der Waals surface area (Å²) >= 11 is 0. The Kier molecular flexibility index (Phi) is 9.67. The smallest absolute Gasteiger partial charge is 0.0849 e. The van der Waals surface area contributed by atoms with Gasteiger partial charge >= 0.3 is 0 Å². The van der Waals surface area contributed by atoms with Crippen LogP contribution in [0, 0.1) is 11.3 Å². The van der Waals surface area contributed by atoms with Crippen LogP contribution in [0.5, 0.6) is 0 Å². The Bertz CT molecular complexity index is 584. The van der Waals surface area contributed by atoms with Gasteiger partial charge in [-0.05, 0) is 80.7 Å². The molecule has 0 N–H and O–H groups in total. The first kappa shape index (κ1) is 24.7. The van der Waals surface area contributed by atoms with Crippen LogP contribution in [-0.2, 0) is 5.41 Å². The van der Waals surface area contributed by atoms with Crippen LogP contribution in [0.15, 0.2) is 30.3 Å². The molecule has 0 aromatic heterocycles. The fraction of sp³-hybridized carbons (Fsp3) is 0.720. The molecule has 1 aromatic carbocycles. The average molecular weight is 386 g/mol. The van der Waals surface area contributed by atoms with Gasteiger partial charge in [0.25, 0.3) is 0 Å². The molecule has 0 amide bonds. The number of hydrogen-bond acceptors (Lipinski definition) is 3. The fourth-order valence-electron chi connectivity index (χ4n) is 4.94. The Morgan fingerprint density at radius 2 is 1.32 bits per heavy atom. The van der Waals surface area contributed by atoms with Crippen molar-refractivity contribution >= 4 is 0 Å². The molecule has 0 aliphatic heterocycles. The first-order valence-corrected chi connectivity index (χ1v) is 11.1. The van der Waals surface area contributed by atoms with Crippen molar-refractivity contribution in [2.45, 2.75) is 111 Å². The van der Waals surface area contributed by atoms with E-state index in [0.717, 1.165) is 24.9 Å². The first-order chi connectivity index (χ1) is 13.1. The van der Waals surface area contributed by atoms with Crippen molar-refractivity contribution in [2.24, 2.45) is 0 Å². The number of nitriles is 1. The van der Waals surface area contributed by atoms with Gasteiger partial charge in [0.15, 0.2) is 0 Å². The van der Waals surface area contributed by atoms with Crippen LogP contribution in [0.4, 0.5) is 0 Å². The van der Waals surface area contributed by atoms with Gasteiger partial charge in [0.1, 0.15) is 0 Å². The summed E-state index contributed by atoms with van der Waals surface area (Å²) in [6.07, 6.45) is 1.71. The molecule has 0 radical (unpaired) electrons. The van der Waals surface area contributed by atoms with E-state index in [2.05, 4.69) is 102 Å². The summed E-state index contributed by atoms with van der Waals surface area (Å²) in [4.78, 5) is 5.04. The van der Waals surface area contributed by atoms with Crippen LogP contribution < -0.4 is 0 Å². The van der Waals surface area contributed by atoms with E-state index < -0.39 is 5.41 Å². The second-order valence-electron chi connectivity index (χ2n) is 9.42. The number of rotatable bonds is 11. The SMILES string of the molecule is CC(C)N(CCC(C#N)(CC(C)N(C(C)C)C(C)C)c1ccccc1)C(C)C. The fourth-order valence-corrected chi connectivity index (χ4v) is 4.94. The first-order valence-electron chi connectivity index (χ1n) is 11.1. The third-order valence-electron chi connectivity index (χ3n) is 6.01. The van der Waals surface area contributed by atoms with E-state index in [1.165, 1.54) is 0 Å². The van der Waals surface area contributed by atoms with Crippen LogP contribution in [-0.4, -0.2) is 46.6 Å². The second-order valence-corrected chi connectivity index (χ2v) is 9.42. The molecule has 0 aliphatic carbocycles. The summed E-state index contributed by atoms with van der Waals surface area (Å²) in [5.74, 6) is 0. The lowest BCUT2D eigenvalue weighted by Crippen LogP contribution is -2.47. The molecule has 2 atom stereocenters. The highest BCUT2D eigenvalue weighted by Gasteiger charge is 2.37. The molecule has 158 valence electrons. The predicted octanol–water partition coefficient (Wildman–Crippen LogP) is 5.85. The van der Waals surface area contributed by atoms with E-state index >= 15 is 0 Å². The number of hydrogen-bond donors (Lipinski definition) is 0. The molecule has 1 rings (SSSR count). The van der Waals surface area contributed by atoms with E-state index in [1.54, 1.807) is 0 Å². The Morgan fingerprint density at radius 3 is 1.71 bits per heavy atom. The lowest BCUT2D eigenvalue weighted by molar-refractivity contribution is 0.0982. The Morgan fingerprint density at radius 1 is 0.821 bits per heavy atom. The summed E-state index contributed by atoms with van der Waals surface area (Å²) < 4.78 is 0. The van der Waals surface area contributed by atoms with Crippen LogP contribution in [0.2, 0.25) is 0 Å². The van der Waals surface area contributed by atoms with Gasteiger partial charge in [-0.2, -0.15) is 5.26 Å². The molecule has 1 aromatic rings. The van der Waals surface area contributed by atoms with Crippen molar-refractivity contribution in [3.8, 4) is 6.07 Å². The van der Waals surface area contributed by atoms with Crippen LogP contribution in [0.3, 0.4) is 0 Å². The van der Waals surface area contributed by atoms with Crippen molar-refractivity contribution in [3.63, 3.8) is 0 Å². The van der Waals surface area contributed by atoms with Gasteiger partial charge in [0.05, 0.1) is 11.5 Å². The minimum absolute atomic E-state index is 0.339. The minimum Gasteiger partial charge on any atom is -0.298 e. The molecule has 3 nitrogen and oxygen atoms in total. The molecule has 3 heteroatoms. The van der Waals surface area contributed by atoms with E-state index in [9.17, 15) is 5.26 Å². The Balaban J connectivity index is 3.23. The topological polar surface area (TPSA) is 30.3 Å². The lowest BCUT2D eigenvalue weighted by atomic mass is 9.73. The van der Waals surface area contributed by atoms with Gasteiger partial charge < -0.3 is 0 Å². The van der Waals surface area contributed by atoms with E-state index in [0.29, 0.717) is 30.2 Å². The van der Waals surface area contributed by atoms with Crippen LogP contribution >= 0.6 is 0 Å². The van der Waals surface area contributed by atoms with Gasteiger partial charge in [-0.25, -0.2) is 0 Å². The molecule has 2 unspecified atom stereocenters. The summed E-state index contributed by atoms with van der Waals surface area (Å²) in [5.41, 5.74) is 0.689. The standard InChI is InChI=1S/C25H43N3/c1-19(2)27(20(3)4)16-15-25(18-26,24-13-11-10-12-14-24)17-23(9)28(21(5)6)22(7)8/h10-14,19-23H,15-17H2,1-9H3. The van der Waals surface area contributed by atoms with Crippen molar-refractivity contribution in [2.75, 3.05) is 6.54 Å². The van der Waals surface area contributed by atoms with Crippen molar-refractivity contribution in [1.82, 2.24) is 9.80 Å². The molecule has 0 aliphatic rings. The summed E-state index contributed by atoms with van der Waals surface area (Å²) in [6, 6.07) is 15.5. The third kappa shape index (κ3) is 6.33. The highest BCUT2D eigenvalue weighted by molar-refractivity contribution is 5.33. The highest BCUT2D eigenvalue weighted by Crippen LogP contribution is 2.35. The normalized spacial score (nSPS) is 15.6. The molecule has 28 heavy (non-hydrogen) atoms. The number of nitrogens with zero attached hydrogens (tertiary/aromatic N) is 3. The second kappa shape index (κ2) is 11.0. The predicted molar refractivity (Wildman–Crippen MR) is 122 cm³/mol. The van der Waals surface area contributed by atoms with Crippen molar-refractivity contribution in [3.05, 3.63) is 35.9 Å². The Hall–Kier alpha value is -1.37. The van der Waals surface area contributed by atoms with Gasteiger partial charge in [-0.1, -0.05) is 30.3 Å². The maximum atomic E-state index is 10.4. The quantitative estimate of drug-likeness (QED) is 0.478. The molecule has 0 saturated heterocycles.